The molecule has 2 rings (SSSR count). The number of aryl methyl sites for hydroxylation is 2. The molecule has 1 unspecified atom stereocenters. The molecule has 17 heavy (non-hydrogen) atoms. The topological polar surface area (TPSA) is 38.0 Å². The second-order valence-corrected chi connectivity index (χ2v) is 4.99. The first-order valence-electron chi connectivity index (χ1n) is 5.40. The fraction of sp³-hybridized carbons (Fsp3) is 0.231. The molecular formula is C13H15FN2S. The lowest BCUT2D eigenvalue weighted by Crippen LogP contribution is -2.29. The van der Waals surface area contributed by atoms with Crippen molar-refractivity contribution in [3.05, 3.63) is 57.0 Å². The van der Waals surface area contributed by atoms with Crippen molar-refractivity contribution in [1.29, 1.82) is 0 Å². The lowest BCUT2D eigenvalue weighted by Gasteiger charge is -2.17. The third-order valence-electron chi connectivity index (χ3n) is 2.86. The van der Waals surface area contributed by atoms with Gasteiger partial charge in [0.1, 0.15) is 5.82 Å². The van der Waals surface area contributed by atoms with Gasteiger partial charge in [-0.3, -0.25) is 5.84 Å². The zero-order valence-electron chi connectivity index (χ0n) is 9.83. The summed E-state index contributed by atoms with van der Waals surface area (Å²) in [4.78, 5) is 1.05. The van der Waals surface area contributed by atoms with E-state index in [9.17, 15) is 4.39 Å². The van der Waals surface area contributed by atoms with Gasteiger partial charge in [-0.2, -0.15) is 0 Å². The molecule has 4 heteroatoms. The number of benzene rings is 1. The number of hydrogen-bond acceptors (Lipinski definition) is 3. The van der Waals surface area contributed by atoms with Gasteiger partial charge in [-0.15, -0.1) is 11.3 Å². The molecule has 1 aromatic carbocycles. The van der Waals surface area contributed by atoms with Crippen LogP contribution in [-0.2, 0) is 0 Å². The zero-order valence-corrected chi connectivity index (χ0v) is 10.6. The monoisotopic (exact) mass is 250 g/mol. The number of halogens is 1. The Balaban J connectivity index is 2.50. The minimum Gasteiger partial charge on any atom is -0.271 e. The maximum Gasteiger partial charge on any atom is 0.131 e. The maximum atomic E-state index is 14.1. The van der Waals surface area contributed by atoms with Gasteiger partial charge in [0.15, 0.2) is 0 Å². The van der Waals surface area contributed by atoms with Crippen LogP contribution in [0.2, 0.25) is 0 Å². The average Bonchev–Trinajstić information content (AvgIpc) is 2.72. The molecule has 0 spiro atoms. The van der Waals surface area contributed by atoms with Crippen LogP contribution in [0.25, 0.3) is 0 Å². The number of rotatable bonds is 3. The fourth-order valence-corrected chi connectivity index (χ4v) is 2.88. The maximum absolute atomic E-state index is 14.1. The Morgan fingerprint density at radius 1 is 1.24 bits per heavy atom. The highest BCUT2D eigenvalue weighted by atomic mass is 32.1. The Kier molecular flexibility index (Phi) is 3.57. The van der Waals surface area contributed by atoms with Gasteiger partial charge < -0.3 is 0 Å². The molecule has 0 fully saturated rings. The summed E-state index contributed by atoms with van der Waals surface area (Å²) >= 11 is 1.58. The van der Waals surface area contributed by atoms with E-state index < -0.39 is 0 Å². The van der Waals surface area contributed by atoms with Crippen molar-refractivity contribution in [2.24, 2.45) is 5.84 Å². The molecule has 1 atom stereocenters. The molecule has 0 amide bonds. The Morgan fingerprint density at radius 3 is 2.59 bits per heavy atom. The van der Waals surface area contributed by atoms with Crippen LogP contribution in [0.1, 0.15) is 27.6 Å². The lowest BCUT2D eigenvalue weighted by atomic mass is 10.0. The van der Waals surface area contributed by atoms with Gasteiger partial charge in [-0.25, -0.2) is 9.82 Å². The van der Waals surface area contributed by atoms with Crippen molar-refractivity contribution in [3.8, 4) is 0 Å². The van der Waals surface area contributed by atoms with Crippen LogP contribution >= 0.6 is 11.3 Å². The molecule has 0 saturated carbocycles. The second-order valence-electron chi connectivity index (χ2n) is 4.05. The van der Waals surface area contributed by atoms with Crippen LogP contribution in [-0.4, -0.2) is 0 Å². The van der Waals surface area contributed by atoms with Crippen molar-refractivity contribution in [2.45, 2.75) is 19.9 Å². The Bertz CT molecular complexity index is 522. The molecule has 2 aromatic rings. The normalized spacial score (nSPS) is 12.7. The van der Waals surface area contributed by atoms with E-state index in [0.717, 1.165) is 10.4 Å². The number of nitrogens with two attached hydrogens (primary N) is 1. The first kappa shape index (κ1) is 12.2. The lowest BCUT2D eigenvalue weighted by molar-refractivity contribution is 0.557. The van der Waals surface area contributed by atoms with Gasteiger partial charge >= 0.3 is 0 Å². The summed E-state index contributed by atoms with van der Waals surface area (Å²) < 4.78 is 14.1. The fourth-order valence-electron chi connectivity index (χ4n) is 1.88. The van der Waals surface area contributed by atoms with E-state index in [4.69, 9.17) is 5.84 Å². The highest BCUT2D eigenvalue weighted by Gasteiger charge is 2.20. The molecule has 90 valence electrons. The van der Waals surface area contributed by atoms with Gasteiger partial charge in [-0.05, 0) is 36.4 Å². The predicted octanol–water partition coefficient (Wildman–Crippen LogP) is 3.06. The first-order chi connectivity index (χ1) is 8.15. The van der Waals surface area contributed by atoms with E-state index in [-0.39, 0.29) is 11.9 Å². The predicted molar refractivity (Wildman–Crippen MR) is 69.4 cm³/mol. The summed E-state index contributed by atoms with van der Waals surface area (Å²) in [5, 5.41) is 1.99. The van der Waals surface area contributed by atoms with Crippen molar-refractivity contribution < 1.29 is 4.39 Å². The standard InChI is InChI=1S/C13H15FN2S/c1-8-4-3-5-10(11(8)14)12(16-15)13-9(2)6-7-17-13/h3-7,12,16H,15H2,1-2H3. The van der Waals surface area contributed by atoms with Crippen LogP contribution in [0.3, 0.4) is 0 Å². The molecule has 0 aliphatic rings. The number of nitrogens with one attached hydrogen (secondary N) is 1. The highest BCUT2D eigenvalue weighted by molar-refractivity contribution is 7.10. The SMILES string of the molecule is Cc1ccsc1C(NN)c1cccc(C)c1F. The van der Waals surface area contributed by atoms with Crippen LogP contribution in [0.15, 0.2) is 29.6 Å². The quantitative estimate of drug-likeness (QED) is 0.649. The minimum absolute atomic E-state index is 0.191. The molecule has 0 bridgehead atoms. The molecule has 1 aromatic heterocycles. The Hall–Kier alpha value is -1.23. The summed E-state index contributed by atoms with van der Waals surface area (Å²) in [5.74, 6) is 5.38. The second kappa shape index (κ2) is 4.96. The van der Waals surface area contributed by atoms with E-state index in [2.05, 4.69) is 5.43 Å². The van der Waals surface area contributed by atoms with Crippen molar-refractivity contribution in [3.63, 3.8) is 0 Å². The molecule has 3 N–H and O–H groups in total. The summed E-state index contributed by atoms with van der Waals surface area (Å²) in [6, 6.07) is 7.11. The van der Waals surface area contributed by atoms with E-state index in [1.54, 1.807) is 30.4 Å². The molecule has 1 heterocycles. The highest BCUT2D eigenvalue weighted by Crippen LogP contribution is 2.30. The van der Waals surface area contributed by atoms with Gasteiger partial charge in [0.05, 0.1) is 6.04 Å². The smallest absolute Gasteiger partial charge is 0.131 e. The number of thiophene rings is 1. The van der Waals surface area contributed by atoms with E-state index >= 15 is 0 Å². The Labute approximate surface area is 104 Å². The third kappa shape index (κ3) is 2.24. The number of hydrogen-bond donors (Lipinski definition) is 2. The van der Waals surface area contributed by atoms with Crippen molar-refractivity contribution in [1.82, 2.24) is 5.43 Å². The first-order valence-corrected chi connectivity index (χ1v) is 6.28. The van der Waals surface area contributed by atoms with Crippen LogP contribution in [0.4, 0.5) is 4.39 Å². The molecule has 0 aliphatic carbocycles. The summed E-state index contributed by atoms with van der Waals surface area (Å²) in [5.41, 5.74) is 5.06. The zero-order chi connectivity index (χ0) is 12.4. The number of hydrazine groups is 1. The summed E-state index contributed by atoms with van der Waals surface area (Å²) in [6.45, 7) is 3.76. The van der Waals surface area contributed by atoms with Crippen molar-refractivity contribution >= 4 is 11.3 Å². The molecule has 2 nitrogen and oxygen atoms in total. The Morgan fingerprint density at radius 2 is 2.00 bits per heavy atom. The molecule has 0 radical (unpaired) electrons. The molecule has 0 aliphatic heterocycles. The third-order valence-corrected chi connectivity index (χ3v) is 3.95. The van der Waals surface area contributed by atoms with Crippen LogP contribution in [0, 0.1) is 19.7 Å². The summed E-state index contributed by atoms with van der Waals surface area (Å²) in [6.07, 6.45) is 0. The molecule has 0 saturated heterocycles. The van der Waals surface area contributed by atoms with Gasteiger partial charge in [-0.1, -0.05) is 18.2 Å². The van der Waals surface area contributed by atoms with Gasteiger partial charge in [0, 0.05) is 10.4 Å². The largest absolute Gasteiger partial charge is 0.271 e. The van der Waals surface area contributed by atoms with E-state index in [0.29, 0.717) is 11.1 Å². The average molecular weight is 250 g/mol. The van der Waals surface area contributed by atoms with E-state index in [1.807, 2.05) is 24.4 Å². The van der Waals surface area contributed by atoms with E-state index in [1.165, 1.54) is 0 Å². The van der Waals surface area contributed by atoms with Crippen LogP contribution < -0.4 is 11.3 Å². The van der Waals surface area contributed by atoms with Crippen LogP contribution in [0.5, 0.6) is 0 Å². The van der Waals surface area contributed by atoms with Gasteiger partial charge in [0.25, 0.3) is 0 Å². The summed E-state index contributed by atoms with van der Waals surface area (Å²) in [7, 11) is 0. The molecular weight excluding hydrogens is 235 g/mol. The van der Waals surface area contributed by atoms with Crippen molar-refractivity contribution in [2.75, 3.05) is 0 Å². The minimum atomic E-state index is -0.283. The van der Waals surface area contributed by atoms with Gasteiger partial charge in [0.2, 0.25) is 0 Å².